The molecule has 2 unspecified atom stereocenters. The summed E-state index contributed by atoms with van der Waals surface area (Å²) in [6.45, 7) is 4.18. The van der Waals surface area contributed by atoms with Crippen molar-refractivity contribution in [1.82, 2.24) is 24.3 Å². The van der Waals surface area contributed by atoms with Crippen LogP contribution in [0.4, 0.5) is 16.4 Å². The van der Waals surface area contributed by atoms with Crippen LogP contribution >= 0.6 is 0 Å². The third-order valence-electron chi connectivity index (χ3n) is 7.44. The maximum atomic E-state index is 13.3. The molecule has 38 heavy (non-hydrogen) atoms. The standard InChI is InChI=1S/C30H31N7O/c1-21(32-29-31-16-14-28(34-29)37-17-15-23-9-4-6-13-26(23)37)27-20-36(19-18-35(27)2)30(38)33-25-12-7-10-22-8-3-5-11-24(22)25/h3-17,21,27H,18-20H2,1-2H3,(H,33,38)(H,31,32,34). The molecule has 2 amide bonds. The van der Waals surface area contributed by atoms with Gasteiger partial charge in [-0.1, -0.05) is 54.6 Å². The molecule has 1 aliphatic rings. The molecule has 8 nitrogen and oxygen atoms in total. The molecule has 2 N–H and O–H groups in total. The van der Waals surface area contributed by atoms with Crippen LogP contribution in [0.25, 0.3) is 27.5 Å². The molecular weight excluding hydrogens is 474 g/mol. The molecule has 0 aliphatic carbocycles. The fourth-order valence-corrected chi connectivity index (χ4v) is 5.29. The zero-order valence-corrected chi connectivity index (χ0v) is 21.6. The molecule has 0 radical (unpaired) electrons. The molecule has 2 aromatic heterocycles. The highest BCUT2D eigenvalue weighted by atomic mass is 16.2. The normalized spacial score (nSPS) is 17.0. The van der Waals surface area contributed by atoms with E-state index in [1.54, 1.807) is 6.20 Å². The van der Waals surface area contributed by atoms with Gasteiger partial charge in [0, 0.05) is 49.5 Å². The smallest absolute Gasteiger partial charge is 0.321 e. The minimum atomic E-state index is -0.0793. The summed E-state index contributed by atoms with van der Waals surface area (Å²) >= 11 is 0. The lowest BCUT2D eigenvalue weighted by Gasteiger charge is -2.42. The summed E-state index contributed by atoms with van der Waals surface area (Å²) < 4.78 is 2.07. The van der Waals surface area contributed by atoms with Crippen LogP contribution in [0.15, 0.2) is 91.3 Å². The average molecular weight is 506 g/mol. The van der Waals surface area contributed by atoms with E-state index in [4.69, 9.17) is 4.98 Å². The van der Waals surface area contributed by atoms with Gasteiger partial charge in [-0.25, -0.2) is 9.78 Å². The number of hydrogen-bond donors (Lipinski definition) is 2. The van der Waals surface area contributed by atoms with Crippen molar-refractivity contribution < 1.29 is 4.79 Å². The largest absolute Gasteiger partial charge is 0.350 e. The van der Waals surface area contributed by atoms with Gasteiger partial charge in [-0.2, -0.15) is 4.98 Å². The molecule has 3 heterocycles. The first-order valence-corrected chi connectivity index (χ1v) is 13.0. The Labute approximate surface area is 221 Å². The lowest BCUT2D eigenvalue weighted by molar-refractivity contribution is 0.108. The summed E-state index contributed by atoms with van der Waals surface area (Å²) in [7, 11) is 2.10. The predicted octanol–water partition coefficient (Wildman–Crippen LogP) is 5.22. The second kappa shape index (κ2) is 10.1. The molecular formula is C30H31N7O. The number of nitrogens with one attached hydrogen (secondary N) is 2. The van der Waals surface area contributed by atoms with E-state index in [-0.39, 0.29) is 18.1 Å². The predicted molar refractivity (Wildman–Crippen MR) is 153 cm³/mol. The number of fused-ring (bicyclic) bond motifs is 2. The van der Waals surface area contributed by atoms with Crippen molar-refractivity contribution in [3.63, 3.8) is 0 Å². The van der Waals surface area contributed by atoms with Crippen LogP contribution in [0.2, 0.25) is 0 Å². The monoisotopic (exact) mass is 505 g/mol. The van der Waals surface area contributed by atoms with Crippen LogP contribution in [0.5, 0.6) is 0 Å². The summed E-state index contributed by atoms with van der Waals surface area (Å²) in [5, 5.41) is 9.94. The lowest BCUT2D eigenvalue weighted by Crippen LogP contribution is -2.59. The first-order chi connectivity index (χ1) is 18.6. The molecule has 0 bridgehead atoms. The number of carbonyl (C=O) groups is 1. The summed E-state index contributed by atoms with van der Waals surface area (Å²) in [4.78, 5) is 26.7. The van der Waals surface area contributed by atoms with E-state index in [2.05, 4.69) is 69.4 Å². The van der Waals surface area contributed by atoms with Crippen LogP contribution in [0.3, 0.4) is 0 Å². The second-order valence-corrected chi connectivity index (χ2v) is 9.87. The molecule has 6 rings (SSSR count). The quantitative estimate of drug-likeness (QED) is 0.342. The number of piperazine rings is 1. The Balaban J connectivity index is 1.16. The molecule has 5 aromatic rings. The van der Waals surface area contributed by atoms with Crippen LogP contribution < -0.4 is 10.6 Å². The molecule has 8 heteroatoms. The van der Waals surface area contributed by atoms with Crippen LogP contribution in [0.1, 0.15) is 6.92 Å². The highest BCUT2D eigenvalue weighted by Crippen LogP contribution is 2.24. The van der Waals surface area contributed by atoms with E-state index in [1.165, 1.54) is 5.39 Å². The summed E-state index contributed by atoms with van der Waals surface area (Å²) in [6.07, 6.45) is 3.81. The second-order valence-electron chi connectivity index (χ2n) is 9.87. The van der Waals surface area contributed by atoms with Gasteiger partial charge in [-0.3, -0.25) is 4.90 Å². The van der Waals surface area contributed by atoms with Gasteiger partial charge < -0.3 is 20.1 Å². The van der Waals surface area contributed by atoms with Crippen LogP contribution in [-0.4, -0.2) is 69.1 Å². The van der Waals surface area contributed by atoms with Crippen LogP contribution in [0, 0.1) is 0 Å². The van der Waals surface area contributed by atoms with Gasteiger partial charge in [0.1, 0.15) is 5.82 Å². The highest BCUT2D eigenvalue weighted by molar-refractivity contribution is 6.01. The minimum Gasteiger partial charge on any atom is -0.350 e. The van der Waals surface area contributed by atoms with Gasteiger partial charge in [-0.15, -0.1) is 0 Å². The number of benzene rings is 3. The average Bonchev–Trinajstić information content (AvgIpc) is 3.38. The Morgan fingerprint density at radius 2 is 1.74 bits per heavy atom. The van der Waals surface area contributed by atoms with E-state index >= 15 is 0 Å². The number of nitrogens with zero attached hydrogens (tertiary/aromatic N) is 5. The van der Waals surface area contributed by atoms with Crippen molar-refractivity contribution in [2.45, 2.75) is 19.0 Å². The fraction of sp³-hybridized carbons (Fsp3) is 0.233. The molecule has 1 aliphatic heterocycles. The van der Waals surface area contributed by atoms with Crippen LogP contribution in [-0.2, 0) is 0 Å². The number of urea groups is 1. The first-order valence-electron chi connectivity index (χ1n) is 13.0. The van der Waals surface area contributed by atoms with E-state index < -0.39 is 0 Å². The molecule has 0 spiro atoms. The Kier molecular flexibility index (Phi) is 6.39. The third kappa shape index (κ3) is 4.66. The van der Waals surface area contributed by atoms with Gasteiger partial charge in [0.15, 0.2) is 0 Å². The summed E-state index contributed by atoms with van der Waals surface area (Å²) in [5.74, 6) is 1.38. The highest BCUT2D eigenvalue weighted by Gasteiger charge is 2.31. The van der Waals surface area contributed by atoms with E-state index in [9.17, 15) is 4.79 Å². The molecule has 2 atom stereocenters. The molecule has 0 saturated carbocycles. The summed E-state index contributed by atoms with van der Waals surface area (Å²) in [5.41, 5.74) is 1.93. The lowest BCUT2D eigenvalue weighted by atomic mass is 10.1. The number of likely N-dealkylation sites (N-methyl/N-ethyl adjacent to an activating group) is 1. The topological polar surface area (TPSA) is 78.3 Å². The zero-order chi connectivity index (χ0) is 26.1. The maximum absolute atomic E-state index is 13.3. The molecule has 3 aromatic carbocycles. The first kappa shape index (κ1) is 23.9. The Morgan fingerprint density at radius 3 is 2.63 bits per heavy atom. The number of para-hydroxylation sites is 1. The van der Waals surface area contributed by atoms with Gasteiger partial charge in [0.05, 0.1) is 11.2 Å². The van der Waals surface area contributed by atoms with Crippen molar-refractivity contribution in [3.05, 3.63) is 91.3 Å². The van der Waals surface area contributed by atoms with Gasteiger partial charge in [0.2, 0.25) is 5.95 Å². The van der Waals surface area contributed by atoms with Gasteiger partial charge >= 0.3 is 6.03 Å². The zero-order valence-electron chi connectivity index (χ0n) is 21.6. The molecule has 1 fully saturated rings. The Hall–Kier alpha value is -4.43. The van der Waals surface area contributed by atoms with Crippen molar-refractivity contribution in [2.24, 2.45) is 0 Å². The number of hydrogen-bond acceptors (Lipinski definition) is 5. The number of amides is 2. The van der Waals surface area contributed by atoms with E-state index in [0.717, 1.165) is 34.3 Å². The number of aromatic nitrogens is 3. The van der Waals surface area contributed by atoms with E-state index in [0.29, 0.717) is 19.0 Å². The van der Waals surface area contributed by atoms with Gasteiger partial charge in [0.25, 0.3) is 0 Å². The number of rotatable bonds is 5. The number of carbonyl (C=O) groups excluding carboxylic acids is 1. The Morgan fingerprint density at radius 1 is 0.947 bits per heavy atom. The maximum Gasteiger partial charge on any atom is 0.321 e. The van der Waals surface area contributed by atoms with Crippen molar-refractivity contribution >= 4 is 39.3 Å². The summed E-state index contributed by atoms with van der Waals surface area (Å²) in [6, 6.07) is 26.4. The van der Waals surface area contributed by atoms with Crippen molar-refractivity contribution in [2.75, 3.05) is 37.3 Å². The molecule has 1 saturated heterocycles. The van der Waals surface area contributed by atoms with Crippen molar-refractivity contribution in [1.29, 1.82) is 0 Å². The van der Waals surface area contributed by atoms with Crippen molar-refractivity contribution in [3.8, 4) is 5.82 Å². The number of anilines is 2. The third-order valence-corrected chi connectivity index (χ3v) is 7.44. The Bertz CT molecular complexity index is 1590. The molecule has 192 valence electrons. The minimum absolute atomic E-state index is 0.0183. The van der Waals surface area contributed by atoms with E-state index in [1.807, 2.05) is 59.6 Å². The SMILES string of the molecule is CC(Nc1nccc(-n2ccc3ccccc32)n1)C1CN(C(=O)Nc2cccc3ccccc23)CCN1C. The fourth-order valence-electron chi connectivity index (χ4n) is 5.29. The van der Waals surface area contributed by atoms with Gasteiger partial charge in [-0.05, 0) is 49.0 Å².